The lowest BCUT2D eigenvalue weighted by Crippen LogP contribution is -2.56. The maximum Gasteiger partial charge on any atom is 0.315 e. The van der Waals surface area contributed by atoms with E-state index >= 15 is 0 Å². The zero-order valence-electron chi connectivity index (χ0n) is 15.4. The number of amides is 3. The summed E-state index contributed by atoms with van der Waals surface area (Å²) in [6.07, 6.45) is 3.78. The molecule has 9 heteroatoms. The minimum absolute atomic E-state index is 0.0224. The zero-order chi connectivity index (χ0) is 19.6. The fourth-order valence-electron chi connectivity index (χ4n) is 3.15. The van der Waals surface area contributed by atoms with Crippen LogP contribution in [0.15, 0.2) is 30.6 Å². The Morgan fingerprint density at radius 1 is 1.44 bits per heavy atom. The van der Waals surface area contributed by atoms with Gasteiger partial charge in [-0.25, -0.2) is 4.79 Å². The van der Waals surface area contributed by atoms with E-state index in [4.69, 9.17) is 4.74 Å². The van der Waals surface area contributed by atoms with Crippen LogP contribution in [0, 0.1) is 0 Å². The van der Waals surface area contributed by atoms with Crippen molar-refractivity contribution in [2.45, 2.75) is 12.1 Å². The van der Waals surface area contributed by atoms with E-state index in [0.717, 1.165) is 5.56 Å². The maximum absolute atomic E-state index is 12.9. The van der Waals surface area contributed by atoms with Gasteiger partial charge < -0.3 is 25.1 Å². The number of ether oxygens (including phenoxy) is 1. The molecule has 0 bridgehead atoms. The van der Waals surface area contributed by atoms with Crippen LogP contribution in [0.5, 0.6) is 5.75 Å². The minimum Gasteiger partial charge on any atom is -0.497 e. The SMILES string of the molecule is CNC(=O)N[C@@](C=O)(CN1Cc2ccc(OC)cc2C1=O)c1cnn(C)c1. The molecule has 2 aromatic rings. The third kappa shape index (κ3) is 3.35. The molecular formula is C18H21N5O4. The van der Waals surface area contributed by atoms with Gasteiger partial charge in [-0.3, -0.25) is 9.48 Å². The Labute approximate surface area is 156 Å². The van der Waals surface area contributed by atoms with Crippen LogP contribution >= 0.6 is 0 Å². The first-order valence-corrected chi connectivity index (χ1v) is 8.34. The second-order valence-corrected chi connectivity index (χ2v) is 6.38. The predicted molar refractivity (Wildman–Crippen MR) is 96.3 cm³/mol. The summed E-state index contributed by atoms with van der Waals surface area (Å²) in [6.45, 7) is 0.314. The zero-order valence-corrected chi connectivity index (χ0v) is 15.4. The van der Waals surface area contributed by atoms with Crippen molar-refractivity contribution in [3.8, 4) is 5.75 Å². The van der Waals surface area contributed by atoms with Crippen LogP contribution in [0.1, 0.15) is 21.5 Å². The van der Waals surface area contributed by atoms with Gasteiger partial charge in [0, 0.05) is 38.0 Å². The second-order valence-electron chi connectivity index (χ2n) is 6.38. The van der Waals surface area contributed by atoms with Gasteiger partial charge in [0.15, 0.2) is 6.29 Å². The first kappa shape index (κ1) is 18.4. The Hall–Kier alpha value is -3.36. The lowest BCUT2D eigenvalue weighted by Gasteiger charge is -2.32. The Bertz CT molecular complexity index is 894. The molecule has 2 heterocycles. The summed E-state index contributed by atoms with van der Waals surface area (Å²) in [5, 5.41) is 9.20. The van der Waals surface area contributed by atoms with Gasteiger partial charge in [0.05, 0.1) is 19.9 Å². The quantitative estimate of drug-likeness (QED) is 0.716. The van der Waals surface area contributed by atoms with Crippen molar-refractivity contribution in [2.75, 3.05) is 20.7 Å². The third-order valence-electron chi connectivity index (χ3n) is 4.62. The van der Waals surface area contributed by atoms with E-state index in [1.54, 1.807) is 25.4 Å². The Kier molecular flexibility index (Phi) is 4.85. The summed E-state index contributed by atoms with van der Waals surface area (Å²) in [6, 6.07) is 4.75. The van der Waals surface area contributed by atoms with Crippen molar-refractivity contribution in [3.63, 3.8) is 0 Å². The van der Waals surface area contributed by atoms with E-state index in [9.17, 15) is 14.4 Å². The number of methoxy groups -OCH3 is 1. The number of aromatic nitrogens is 2. The molecule has 1 aliphatic rings. The number of aldehydes is 1. The summed E-state index contributed by atoms with van der Waals surface area (Å²) in [4.78, 5) is 38.5. The molecule has 1 aromatic carbocycles. The minimum atomic E-state index is -1.42. The summed E-state index contributed by atoms with van der Waals surface area (Å²) < 4.78 is 6.71. The van der Waals surface area contributed by atoms with Crippen LogP contribution in [-0.2, 0) is 23.9 Å². The summed E-state index contributed by atoms with van der Waals surface area (Å²) in [5.74, 6) is 0.360. The molecule has 0 saturated heterocycles. The topological polar surface area (TPSA) is 106 Å². The number of fused-ring (bicyclic) bond motifs is 1. The number of hydrogen-bond acceptors (Lipinski definition) is 5. The van der Waals surface area contributed by atoms with Crippen molar-refractivity contribution in [1.82, 2.24) is 25.3 Å². The van der Waals surface area contributed by atoms with Crippen LogP contribution in [0.2, 0.25) is 0 Å². The van der Waals surface area contributed by atoms with Gasteiger partial charge in [0.25, 0.3) is 5.91 Å². The molecule has 0 aliphatic carbocycles. The molecule has 3 rings (SSSR count). The molecule has 2 N–H and O–H groups in total. The monoisotopic (exact) mass is 371 g/mol. The molecule has 0 saturated carbocycles. The second kappa shape index (κ2) is 7.10. The van der Waals surface area contributed by atoms with E-state index in [1.165, 1.54) is 29.9 Å². The third-order valence-corrected chi connectivity index (χ3v) is 4.62. The van der Waals surface area contributed by atoms with Crippen molar-refractivity contribution < 1.29 is 19.1 Å². The lowest BCUT2D eigenvalue weighted by atomic mass is 9.93. The summed E-state index contributed by atoms with van der Waals surface area (Å²) in [7, 11) is 4.70. The Balaban J connectivity index is 1.94. The van der Waals surface area contributed by atoms with Gasteiger partial charge in [0.1, 0.15) is 11.3 Å². The average molecular weight is 371 g/mol. The fraction of sp³-hybridized carbons (Fsp3) is 0.333. The molecule has 27 heavy (non-hydrogen) atoms. The highest BCUT2D eigenvalue weighted by Crippen LogP contribution is 2.30. The van der Waals surface area contributed by atoms with Gasteiger partial charge in [-0.05, 0) is 17.7 Å². The van der Waals surface area contributed by atoms with Crippen molar-refractivity contribution >= 4 is 18.2 Å². The number of hydrogen-bond donors (Lipinski definition) is 2. The van der Waals surface area contributed by atoms with Gasteiger partial charge >= 0.3 is 6.03 Å². The number of rotatable bonds is 6. The molecule has 142 valence electrons. The predicted octanol–water partition coefficient (Wildman–Crippen LogP) is 0.408. The molecule has 0 fully saturated rings. The van der Waals surface area contributed by atoms with E-state index in [1.807, 2.05) is 6.07 Å². The maximum atomic E-state index is 12.9. The fourth-order valence-corrected chi connectivity index (χ4v) is 3.15. The lowest BCUT2D eigenvalue weighted by molar-refractivity contribution is -0.113. The average Bonchev–Trinajstić information content (AvgIpc) is 3.24. The Morgan fingerprint density at radius 2 is 2.22 bits per heavy atom. The van der Waals surface area contributed by atoms with E-state index in [2.05, 4.69) is 15.7 Å². The van der Waals surface area contributed by atoms with Gasteiger partial charge in [0.2, 0.25) is 0 Å². The van der Waals surface area contributed by atoms with Gasteiger partial charge in [-0.2, -0.15) is 5.10 Å². The smallest absolute Gasteiger partial charge is 0.315 e. The van der Waals surface area contributed by atoms with Crippen LogP contribution in [0.25, 0.3) is 0 Å². The molecule has 3 amide bonds. The standard InChI is InChI=1S/C18H21N5O4/c1-19-17(26)21-18(11-24,13-7-20-22(2)9-13)10-23-8-12-4-5-14(27-3)6-15(12)16(23)25/h4-7,9,11H,8,10H2,1-3H3,(H2,19,21,26)/t18-/m1/s1. The molecule has 1 aliphatic heterocycles. The van der Waals surface area contributed by atoms with E-state index < -0.39 is 11.6 Å². The largest absolute Gasteiger partial charge is 0.497 e. The van der Waals surface area contributed by atoms with Crippen LogP contribution in [0.4, 0.5) is 4.79 Å². The van der Waals surface area contributed by atoms with E-state index in [-0.39, 0.29) is 12.5 Å². The van der Waals surface area contributed by atoms with Crippen LogP contribution < -0.4 is 15.4 Å². The first-order chi connectivity index (χ1) is 12.9. The Morgan fingerprint density at radius 3 is 2.81 bits per heavy atom. The van der Waals surface area contributed by atoms with Crippen LogP contribution in [0.3, 0.4) is 0 Å². The van der Waals surface area contributed by atoms with Crippen molar-refractivity contribution in [1.29, 1.82) is 0 Å². The number of nitrogens with one attached hydrogen (secondary N) is 2. The number of benzene rings is 1. The number of aryl methyl sites for hydroxylation is 1. The molecule has 0 unspecified atom stereocenters. The number of urea groups is 1. The van der Waals surface area contributed by atoms with Gasteiger partial charge in [-0.1, -0.05) is 6.07 Å². The molecular weight excluding hydrogens is 350 g/mol. The highest BCUT2D eigenvalue weighted by molar-refractivity contribution is 5.99. The molecule has 0 radical (unpaired) electrons. The summed E-state index contributed by atoms with van der Waals surface area (Å²) >= 11 is 0. The van der Waals surface area contributed by atoms with E-state index in [0.29, 0.717) is 29.7 Å². The molecule has 1 aromatic heterocycles. The first-order valence-electron chi connectivity index (χ1n) is 8.34. The van der Waals surface area contributed by atoms with Crippen LogP contribution in [-0.4, -0.2) is 53.6 Å². The number of carbonyl (C=O) groups is 3. The molecule has 0 spiro atoms. The highest BCUT2D eigenvalue weighted by atomic mass is 16.5. The van der Waals surface area contributed by atoms with Crippen molar-refractivity contribution in [2.24, 2.45) is 7.05 Å². The number of nitrogens with zero attached hydrogens (tertiary/aromatic N) is 3. The number of carbonyl (C=O) groups excluding carboxylic acids is 3. The highest BCUT2D eigenvalue weighted by Gasteiger charge is 2.40. The normalized spacial score (nSPS) is 15.1. The molecule has 1 atom stereocenters. The van der Waals surface area contributed by atoms with Crippen molar-refractivity contribution in [3.05, 3.63) is 47.3 Å². The summed E-state index contributed by atoms with van der Waals surface area (Å²) in [5.41, 5.74) is 0.438. The molecule has 9 nitrogen and oxygen atoms in total. The van der Waals surface area contributed by atoms with Gasteiger partial charge in [-0.15, -0.1) is 0 Å².